The van der Waals surface area contributed by atoms with Gasteiger partial charge in [-0.2, -0.15) is 0 Å². The maximum Gasteiger partial charge on any atom is 0.233 e. The van der Waals surface area contributed by atoms with Gasteiger partial charge in [0.1, 0.15) is 5.82 Å². The van der Waals surface area contributed by atoms with Gasteiger partial charge in [0.05, 0.1) is 11.8 Å². The first-order chi connectivity index (χ1) is 12.0. The van der Waals surface area contributed by atoms with Crippen LogP contribution in [0.4, 0.5) is 10.1 Å². The lowest BCUT2D eigenvalue weighted by Crippen LogP contribution is -2.35. The largest absolute Gasteiger partial charge is 0.326 e. The molecule has 0 aromatic heterocycles. The zero-order valence-corrected chi connectivity index (χ0v) is 13.9. The normalized spacial score (nSPS) is 29.4. The van der Waals surface area contributed by atoms with E-state index in [2.05, 4.69) is 5.32 Å². The van der Waals surface area contributed by atoms with E-state index in [9.17, 15) is 18.8 Å². The molecule has 25 heavy (non-hydrogen) atoms. The number of imide groups is 1. The van der Waals surface area contributed by atoms with Crippen LogP contribution in [0.5, 0.6) is 0 Å². The number of hydrogen-bond donors (Lipinski definition) is 1. The van der Waals surface area contributed by atoms with E-state index in [1.807, 2.05) is 12.2 Å². The second kappa shape index (κ2) is 5.79. The molecule has 1 aromatic rings. The number of anilines is 1. The van der Waals surface area contributed by atoms with Crippen molar-refractivity contribution in [2.45, 2.75) is 19.8 Å². The Balaban J connectivity index is 1.37. The highest BCUT2D eigenvalue weighted by Gasteiger charge is 2.58. The minimum absolute atomic E-state index is 0.00910. The van der Waals surface area contributed by atoms with Crippen LogP contribution in [0.3, 0.4) is 0 Å². The summed E-state index contributed by atoms with van der Waals surface area (Å²) in [6.45, 7) is 1.72. The quantitative estimate of drug-likeness (QED) is 0.674. The van der Waals surface area contributed by atoms with E-state index in [-0.39, 0.29) is 54.4 Å². The summed E-state index contributed by atoms with van der Waals surface area (Å²) >= 11 is 0. The van der Waals surface area contributed by atoms with E-state index in [1.54, 1.807) is 19.1 Å². The molecule has 2 fully saturated rings. The zero-order chi connectivity index (χ0) is 17.7. The molecule has 2 aliphatic carbocycles. The van der Waals surface area contributed by atoms with Crippen LogP contribution in [0.25, 0.3) is 0 Å². The van der Waals surface area contributed by atoms with Crippen molar-refractivity contribution in [2.75, 3.05) is 11.9 Å². The first-order valence-corrected chi connectivity index (χ1v) is 8.55. The smallest absolute Gasteiger partial charge is 0.233 e. The number of carbonyl (C=O) groups excluding carboxylic acids is 3. The molecule has 4 rings (SSSR count). The number of carbonyl (C=O) groups is 3. The molecule has 1 aromatic carbocycles. The summed E-state index contributed by atoms with van der Waals surface area (Å²) in [5, 5.41) is 2.60. The van der Waals surface area contributed by atoms with E-state index in [0.717, 1.165) is 6.42 Å². The number of aryl methyl sites for hydroxylation is 1. The molecule has 5 nitrogen and oxygen atoms in total. The van der Waals surface area contributed by atoms with E-state index < -0.39 is 5.82 Å². The summed E-state index contributed by atoms with van der Waals surface area (Å²) in [6.07, 6.45) is 4.98. The fraction of sp³-hybridized carbons (Fsp3) is 0.421. The number of amides is 3. The zero-order valence-electron chi connectivity index (χ0n) is 13.9. The fourth-order valence-corrected chi connectivity index (χ4v) is 4.29. The topological polar surface area (TPSA) is 66.5 Å². The molecule has 1 heterocycles. The molecule has 1 saturated heterocycles. The van der Waals surface area contributed by atoms with Crippen LogP contribution in [-0.4, -0.2) is 29.2 Å². The number of nitrogens with one attached hydrogen (secondary N) is 1. The molecule has 1 N–H and O–H groups in total. The van der Waals surface area contributed by atoms with Gasteiger partial charge in [0.15, 0.2) is 0 Å². The molecule has 0 radical (unpaired) electrons. The molecule has 1 aliphatic heterocycles. The third kappa shape index (κ3) is 2.56. The van der Waals surface area contributed by atoms with Gasteiger partial charge in [-0.1, -0.05) is 18.2 Å². The van der Waals surface area contributed by atoms with Gasteiger partial charge in [0, 0.05) is 18.7 Å². The lowest BCUT2D eigenvalue weighted by molar-refractivity contribution is -0.140. The van der Waals surface area contributed by atoms with Crippen LogP contribution in [-0.2, 0) is 14.4 Å². The third-order valence-electron chi connectivity index (χ3n) is 5.58. The Labute approximate surface area is 144 Å². The second-order valence-electron chi connectivity index (χ2n) is 7.09. The van der Waals surface area contributed by atoms with Gasteiger partial charge in [-0.25, -0.2) is 4.39 Å². The van der Waals surface area contributed by atoms with E-state index in [4.69, 9.17) is 0 Å². The number of allylic oxidation sites excluding steroid dienone is 2. The lowest BCUT2D eigenvalue weighted by atomic mass is 9.85. The Kier molecular flexibility index (Phi) is 3.71. The van der Waals surface area contributed by atoms with Crippen molar-refractivity contribution >= 4 is 23.4 Å². The fourth-order valence-electron chi connectivity index (χ4n) is 4.29. The number of rotatable bonds is 4. The van der Waals surface area contributed by atoms with Crippen molar-refractivity contribution in [2.24, 2.45) is 23.7 Å². The molecular weight excluding hydrogens is 323 g/mol. The predicted octanol–water partition coefficient (Wildman–Crippen LogP) is 2.27. The van der Waals surface area contributed by atoms with Crippen LogP contribution in [0.1, 0.15) is 18.4 Å². The van der Waals surface area contributed by atoms with Gasteiger partial charge in [-0.3, -0.25) is 19.3 Å². The van der Waals surface area contributed by atoms with Crippen molar-refractivity contribution in [1.82, 2.24) is 4.90 Å². The maximum atomic E-state index is 13.5. The highest BCUT2D eigenvalue weighted by molar-refractivity contribution is 6.06. The van der Waals surface area contributed by atoms with E-state index in [1.165, 1.54) is 11.0 Å². The summed E-state index contributed by atoms with van der Waals surface area (Å²) in [5.41, 5.74) is 0.868. The second-order valence-corrected chi connectivity index (χ2v) is 7.09. The summed E-state index contributed by atoms with van der Waals surface area (Å²) < 4.78 is 13.5. The predicted molar refractivity (Wildman–Crippen MR) is 88.8 cm³/mol. The lowest BCUT2D eigenvalue weighted by Gasteiger charge is -2.17. The molecular formula is C19H19FN2O3. The van der Waals surface area contributed by atoms with Crippen molar-refractivity contribution in [3.05, 3.63) is 41.7 Å². The molecule has 130 valence electrons. The minimum atomic E-state index is -0.390. The van der Waals surface area contributed by atoms with Gasteiger partial charge in [-0.05, 0) is 42.9 Å². The average molecular weight is 342 g/mol. The van der Waals surface area contributed by atoms with Crippen LogP contribution in [0, 0.1) is 36.4 Å². The monoisotopic (exact) mass is 342 g/mol. The maximum absolute atomic E-state index is 13.5. The molecule has 0 spiro atoms. The van der Waals surface area contributed by atoms with Crippen LogP contribution >= 0.6 is 0 Å². The van der Waals surface area contributed by atoms with Crippen molar-refractivity contribution < 1.29 is 18.8 Å². The van der Waals surface area contributed by atoms with Crippen molar-refractivity contribution in [1.29, 1.82) is 0 Å². The molecule has 3 amide bonds. The highest BCUT2D eigenvalue weighted by atomic mass is 19.1. The number of hydrogen-bond acceptors (Lipinski definition) is 3. The van der Waals surface area contributed by atoms with Crippen LogP contribution in [0.2, 0.25) is 0 Å². The Morgan fingerprint density at radius 1 is 1.20 bits per heavy atom. The third-order valence-corrected chi connectivity index (χ3v) is 5.58. The van der Waals surface area contributed by atoms with Gasteiger partial charge in [-0.15, -0.1) is 0 Å². The average Bonchev–Trinajstić information content (AvgIpc) is 3.24. The first kappa shape index (κ1) is 16.0. The summed E-state index contributed by atoms with van der Waals surface area (Å²) in [5.74, 6) is -1.18. The standard InChI is InChI=1S/C19H19FN2O3/c1-10-2-5-13(9-14(10)20)21-15(23)6-7-22-18(24)16-11-3-4-12(8-11)17(16)19(22)25/h2-5,9,11-12,16-17H,6-8H2,1H3,(H,21,23)/t11-,12-,16+,17+/m0/s1. The molecule has 4 atom stereocenters. The molecule has 3 aliphatic rings. The number of likely N-dealkylation sites (tertiary alicyclic amines) is 1. The Morgan fingerprint density at radius 3 is 2.44 bits per heavy atom. The van der Waals surface area contributed by atoms with Gasteiger partial charge < -0.3 is 5.32 Å². The Bertz CT molecular complexity index is 774. The van der Waals surface area contributed by atoms with Crippen LogP contribution in [0.15, 0.2) is 30.4 Å². The highest BCUT2D eigenvalue weighted by Crippen LogP contribution is 2.52. The van der Waals surface area contributed by atoms with Gasteiger partial charge >= 0.3 is 0 Å². The SMILES string of the molecule is Cc1ccc(NC(=O)CCN2C(=O)[C@H]3[C@H](C2=O)[C@H]2C=C[C@H]3C2)cc1F. The summed E-state index contributed by atoms with van der Waals surface area (Å²) in [6, 6.07) is 4.46. The number of fused-ring (bicyclic) bond motifs is 5. The van der Waals surface area contributed by atoms with E-state index in [0.29, 0.717) is 11.3 Å². The Hall–Kier alpha value is -2.50. The van der Waals surface area contributed by atoms with Crippen molar-refractivity contribution in [3.63, 3.8) is 0 Å². The Morgan fingerprint density at radius 2 is 1.84 bits per heavy atom. The molecule has 1 saturated carbocycles. The number of benzene rings is 1. The van der Waals surface area contributed by atoms with Gasteiger partial charge in [0.2, 0.25) is 17.7 Å². The number of nitrogens with zero attached hydrogens (tertiary/aromatic N) is 1. The number of halogens is 1. The van der Waals surface area contributed by atoms with Crippen molar-refractivity contribution in [3.8, 4) is 0 Å². The molecule has 2 bridgehead atoms. The van der Waals surface area contributed by atoms with Gasteiger partial charge in [0.25, 0.3) is 0 Å². The first-order valence-electron chi connectivity index (χ1n) is 8.55. The summed E-state index contributed by atoms with van der Waals surface area (Å²) in [4.78, 5) is 38.4. The van der Waals surface area contributed by atoms with E-state index >= 15 is 0 Å². The molecule has 0 unspecified atom stereocenters. The summed E-state index contributed by atoms with van der Waals surface area (Å²) in [7, 11) is 0. The van der Waals surface area contributed by atoms with Crippen LogP contribution < -0.4 is 5.32 Å². The molecule has 6 heteroatoms. The minimum Gasteiger partial charge on any atom is -0.326 e.